The van der Waals surface area contributed by atoms with Gasteiger partial charge < -0.3 is 10.4 Å². The first-order valence-electron chi connectivity index (χ1n) is 6.40. The summed E-state index contributed by atoms with van der Waals surface area (Å²) in [5.41, 5.74) is 1.84. The molecule has 0 heterocycles. The van der Waals surface area contributed by atoms with Crippen LogP contribution in [0.4, 0.5) is 0 Å². The van der Waals surface area contributed by atoms with Crippen LogP contribution in [0.15, 0.2) is 30.3 Å². The average Bonchev–Trinajstić information content (AvgIpc) is 3.19. The van der Waals surface area contributed by atoms with Gasteiger partial charge in [0, 0.05) is 19.0 Å². The Morgan fingerprint density at radius 2 is 1.95 bits per heavy atom. The standard InChI is InChI=1S/C15H17NO3/c17-14(9-12-3-4-12)16-10-13-5-1-11(2-6-13)7-8-15(18)19/h1-2,5-8,12H,3-4,9-10H2,(H,16,17)(H,18,19)/b8-7+. The van der Waals surface area contributed by atoms with Crippen molar-refractivity contribution in [3.05, 3.63) is 41.5 Å². The van der Waals surface area contributed by atoms with E-state index < -0.39 is 5.97 Å². The van der Waals surface area contributed by atoms with E-state index >= 15 is 0 Å². The van der Waals surface area contributed by atoms with Gasteiger partial charge in [0.05, 0.1) is 0 Å². The predicted molar refractivity (Wildman–Crippen MR) is 72.3 cm³/mol. The summed E-state index contributed by atoms with van der Waals surface area (Å²) >= 11 is 0. The molecule has 2 N–H and O–H groups in total. The van der Waals surface area contributed by atoms with Crippen molar-refractivity contribution in [3.8, 4) is 0 Å². The first-order valence-corrected chi connectivity index (χ1v) is 6.40. The third-order valence-corrected chi connectivity index (χ3v) is 3.06. The molecule has 0 radical (unpaired) electrons. The Morgan fingerprint density at radius 3 is 2.53 bits per heavy atom. The van der Waals surface area contributed by atoms with Crippen molar-refractivity contribution >= 4 is 18.0 Å². The van der Waals surface area contributed by atoms with Gasteiger partial charge in [0.15, 0.2) is 0 Å². The number of carbonyl (C=O) groups is 2. The lowest BCUT2D eigenvalue weighted by molar-refractivity contribution is -0.131. The van der Waals surface area contributed by atoms with Gasteiger partial charge in [-0.3, -0.25) is 4.79 Å². The smallest absolute Gasteiger partial charge is 0.328 e. The fourth-order valence-corrected chi connectivity index (χ4v) is 1.77. The summed E-state index contributed by atoms with van der Waals surface area (Å²) in [7, 11) is 0. The molecule has 2 rings (SSSR count). The molecule has 100 valence electrons. The zero-order valence-electron chi connectivity index (χ0n) is 10.6. The number of carbonyl (C=O) groups excluding carboxylic acids is 1. The number of carboxylic acids is 1. The number of nitrogens with one attached hydrogen (secondary N) is 1. The minimum atomic E-state index is -0.962. The third-order valence-electron chi connectivity index (χ3n) is 3.06. The number of amides is 1. The lowest BCUT2D eigenvalue weighted by atomic mass is 10.1. The highest BCUT2D eigenvalue weighted by Gasteiger charge is 2.23. The molecule has 0 spiro atoms. The quantitative estimate of drug-likeness (QED) is 0.770. The molecule has 1 aromatic carbocycles. The first kappa shape index (κ1) is 13.3. The highest BCUT2D eigenvalue weighted by Crippen LogP contribution is 2.32. The van der Waals surface area contributed by atoms with Crippen LogP contribution < -0.4 is 5.32 Å². The van der Waals surface area contributed by atoms with Crippen molar-refractivity contribution < 1.29 is 14.7 Å². The second-order valence-electron chi connectivity index (χ2n) is 4.84. The number of hydrogen-bond acceptors (Lipinski definition) is 2. The maximum Gasteiger partial charge on any atom is 0.328 e. The molecular formula is C15H17NO3. The van der Waals surface area contributed by atoms with Crippen LogP contribution in [0.3, 0.4) is 0 Å². The molecule has 19 heavy (non-hydrogen) atoms. The largest absolute Gasteiger partial charge is 0.478 e. The monoisotopic (exact) mass is 259 g/mol. The number of benzene rings is 1. The van der Waals surface area contributed by atoms with Gasteiger partial charge in [-0.1, -0.05) is 24.3 Å². The Kier molecular flexibility index (Phi) is 4.34. The van der Waals surface area contributed by atoms with E-state index in [4.69, 9.17) is 5.11 Å². The van der Waals surface area contributed by atoms with Crippen LogP contribution in [0.2, 0.25) is 0 Å². The van der Waals surface area contributed by atoms with E-state index in [2.05, 4.69) is 5.32 Å². The third kappa shape index (κ3) is 4.95. The Morgan fingerprint density at radius 1 is 1.26 bits per heavy atom. The molecule has 1 aliphatic carbocycles. The lowest BCUT2D eigenvalue weighted by Gasteiger charge is -2.05. The van der Waals surface area contributed by atoms with Gasteiger partial charge in [0.2, 0.25) is 5.91 Å². The van der Waals surface area contributed by atoms with E-state index in [9.17, 15) is 9.59 Å². The summed E-state index contributed by atoms with van der Waals surface area (Å²) in [6, 6.07) is 7.45. The molecule has 0 atom stereocenters. The summed E-state index contributed by atoms with van der Waals surface area (Å²) in [6.45, 7) is 0.522. The Labute approximate surface area is 112 Å². The van der Waals surface area contributed by atoms with E-state index in [0.717, 1.165) is 17.2 Å². The van der Waals surface area contributed by atoms with Crippen LogP contribution in [0.5, 0.6) is 0 Å². The molecule has 1 fully saturated rings. The number of hydrogen-bond donors (Lipinski definition) is 2. The molecule has 1 amide bonds. The van der Waals surface area contributed by atoms with Gasteiger partial charge in [0.25, 0.3) is 0 Å². The predicted octanol–water partition coefficient (Wildman–Crippen LogP) is 2.20. The second-order valence-corrected chi connectivity index (χ2v) is 4.84. The number of carboxylic acid groups (broad SMARTS) is 1. The van der Waals surface area contributed by atoms with E-state index in [1.54, 1.807) is 0 Å². The van der Waals surface area contributed by atoms with Crippen LogP contribution in [-0.2, 0) is 16.1 Å². The second kappa shape index (κ2) is 6.18. The summed E-state index contributed by atoms with van der Waals surface area (Å²) in [4.78, 5) is 21.9. The summed E-state index contributed by atoms with van der Waals surface area (Å²) < 4.78 is 0. The normalized spacial score (nSPS) is 14.5. The topological polar surface area (TPSA) is 66.4 Å². The fourth-order valence-electron chi connectivity index (χ4n) is 1.77. The molecular weight excluding hydrogens is 242 g/mol. The Bertz CT molecular complexity index is 487. The highest BCUT2D eigenvalue weighted by molar-refractivity contribution is 5.85. The average molecular weight is 259 g/mol. The first-order chi connectivity index (χ1) is 9.13. The molecule has 0 bridgehead atoms. The summed E-state index contributed by atoms with van der Waals surface area (Å²) in [6.07, 6.45) is 5.64. The Hall–Kier alpha value is -2.10. The highest BCUT2D eigenvalue weighted by atomic mass is 16.4. The van der Waals surface area contributed by atoms with Gasteiger partial charge in [-0.05, 0) is 36.0 Å². The SMILES string of the molecule is O=C(O)/C=C/c1ccc(CNC(=O)CC2CC2)cc1. The number of aliphatic carboxylic acids is 1. The van der Waals surface area contributed by atoms with Crippen LogP contribution >= 0.6 is 0 Å². The fraction of sp³-hybridized carbons (Fsp3) is 0.333. The van der Waals surface area contributed by atoms with Crippen LogP contribution in [-0.4, -0.2) is 17.0 Å². The van der Waals surface area contributed by atoms with Crippen molar-refractivity contribution in [1.82, 2.24) is 5.32 Å². The van der Waals surface area contributed by atoms with Gasteiger partial charge in [-0.25, -0.2) is 4.79 Å². The molecule has 0 unspecified atom stereocenters. The van der Waals surface area contributed by atoms with Crippen LogP contribution in [0.1, 0.15) is 30.4 Å². The zero-order valence-corrected chi connectivity index (χ0v) is 10.6. The zero-order chi connectivity index (χ0) is 13.7. The van der Waals surface area contributed by atoms with Crippen molar-refractivity contribution in [1.29, 1.82) is 0 Å². The summed E-state index contributed by atoms with van der Waals surface area (Å²) in [5.74, 6) is -0.253. The van der Waals surface area contributed by atoms with Crippen molar-refractivity contribution in [2.24, 2.45) is 5.92 Å². The molecule has 4 nitrogen and oxygen atoms in total. The van der Waals surface area contributed by atoms with E-state index in [0.29, 0.717) is 18.9 Å². The molecule has 1 aliphatic rings. The van der Waals surface area contributed by atoms with Crippen molar-refractivity contribution in [3.63, 3.8) is 0 Å². The van der Waals surface area contributed by atoms with Crippen LogP contribution in [0, 0.1) is 5.92 Å². The molecule has 1 aromatic rings. The molecule has 0 saturated heterocycles. The van der Waals surface area contributed by atoms with Gasteiger partial charge in [0.1, 0.15) is 0 Å². The molecule has 1 saturated carbocycles. The lowest BCUT2D eigenvalue weighted by Crippen LogP contribution is -2.22. The summed E-state index contributed by atoms with van der Waals surface area (Å²) in [5, 5.41) is 11.4. The van der Waals surface area contributed by atoms with Gasteiger partial charge in [-0.15, -0.1) is 0 Å². The van der Waals surface area contributed by atoms with Crippen LogP contribution in [0.25, 0.3) is 6.08 Å². The van der Waals surface area contributed by atoms with E-state index in [-0.39, 0.29) is 5.91 Å². The van der Waals surface area contributed by atoms with Gasteiger partial charge >= 0.3 is 5.97 Å². The van der Waals surface area contributed by atoms with Crippen molar-refractivity contribution in [2.75, 3.05) is 0 Å². The maximum absolute atomic E-state index is 11.5. The number of rotatable bonds is 6. The Balaban J connectivity index is 1.80. The maximum atomic E-state index is 11.5. The molecule has 0 aliphatic heterocycles. The minimum absolute atomic E-state index is 0.109. The van der Waals surface area contributed by atoms with Crippen molar-refractivity contribution in [2.45, 2.75) is 25.8 Å². The van der Waals surface area contributed by atoms with Gasteiger partial charge in [-0.2, -0.15) is 0 Å². The minimum Gasteiger partial charge on any atom is -0.478 e. The van der Waals surface area contributed by atoms with E-state index in [1.807, 2.05) is 24.3 Å². The molecule has 4 heteroatoms. The molecule has 0 aromatic heterocycles. The van der Waals surface area contributed by atoms with E-state index in [1.165, 1.54) is 18.9 Å².